The van der Waals surface area contributed by atoms with Crippen molar-refractivity contribution in [2.45, 2.75) is 40.5 Å². The van der Waals surface area contributed by atoms with Crippen LogP contribution in [0.3, 0.4) is 0 Å². The van der Waals surface area contributed by atoms with Crippen LogP contribution in [0.4, 0.5) is 11.5 Å². The summed E-state index contributed by atoms with van der Waals surface area (Å²) < 4.78 is 2.03. The first-order valence-electron chi connectivity index (χ1n) is 7.94. The second-order valence-electron chi connectivity index (χ2n) is 6.30. The molecule has 0 fully saturated rings. The molecule has 2 aromatic heterocycles. The van der Waals surface area contributed by atoms with E-state index in [0.29, 0.717) is 5.92 Å². The molecule has 0 aliphatic carbocycles. The number of hydrogen-bond acceptors (Lipinski definition) is 3. The van der Waals surface area contributed by atoms with Crippen molar-refractivity contribution in [3.05, 3.63) is 58.9 Å². The molecule has 0 saturated heterocycles. The van der Waals surface area contributed by atoms with Gasteiger partial charge in [0.15, 0.2) is 5.82 Å². The Kier molecular flexibility index (Phi) is 3.99. The minimum atomic E-state index is 0.293. The van der Waals surface area contributed by atoms with Gasteiger partial charge in [0.05, 0.1) is 11.4 Å². The maximum Gasteiger partial charge on any atom is 0.183 e. The number of nitrogens with zero attached hydrogens (tertiary/aromatic N) is 4. The van der Waals surface area contributed by atoms with Crippen molar-refractivity contribution in [2.75, 3.05) is 0 Å². The van der Waals surface area contributed by atoms with Gasteiger partial charge in [-0.15, -0.1) is 10.2 Å². The summed E-state index contributed by atoms with van der Waals surface area (Å²) in [6, 6.07) is 10.2. The zero-order valence-electron chi connectivity index (χ0n) is 14.3. The summed E-state index contributed by atoms with van der Waals surface area (Å²) in [7, 11) is 0. The van der Waals surface area contributed by atoms with Gasteiger partial charge < -0.3 is 0 Å². The van der Waals surface area contributed by atoms with Gasteiger partial charge in [-0.1, -0.05) is 38.1 Å². The van der Waals surface area contributed by atoms with Crippen LogP contribution in [-0.2, 0) is 0 Å². The molecule has 0 unspecified atom stereocenters. The van der Waals surface area contributed by atoms with Crippen LogP contribution in [-0.4, -0.2) is 9.38 Å². The third-order valence-corrected chi connectivity index (χ3v) is 4.08. The van der Waals surface area contributed by atoms with Crippen LogP contribution in [0, 0.1) is 20.8 Å². The zero-order valence-corrected chi connectivity index (χ0v) is 14.3. The van der Waals surface area contributed by atoms with Gasteiger partial charge in [0.1, 0.15) is 5.65 Å². The number of benzene rings is 1. The maximum absolute atomic E-state index is 4.78. The lowest BCUT2D eigenvalue weighted by molar-refractivity contribution is 0.831. The predicted molar refractivity (Wildman–Crippen MR) is 94.1 cm³/mol. The molecule has 0 radical (unpaired) electrons. The molecule has 0 aliphatic rings. The lowest BCUT2D eigenvalue weighted by Crippen LogP contribution is -1.88. The Hall–Kier alpha value is -2.49. The Balaban J connectivity index is 2.18. The van der Waals surface area contributed by atoms with Gasteiger partial charge in [-0.3, -0.25) is 4.40 Å². The lowest BCUT2D eigenvalue weighted by Gasteiger charge is -2.04. The molecule has 23 heavy (non-hydrogen) atoms. The van der Waals surface area contributed by atoms with E-state index in [1.807, 2.05) is 22.7 Å². The van der Waals surface area contributed by atoms with Crippen molar-refractivity contribution in [3.8, 4) is 0 Å². The van der Waals surface area contributed by atoms with Crippen LogP contribution >= 0.6 is 0 Å². The normalized spacial score (nSPS) is 11.9. The average molecular weight is 306 g/mol. The summed E-state index contributed by atoms with van der Waals surface area (Å²) in [6.45, 7) is 10.5. The first kappa shape index (κ1) is 15.4. The van der Waals surface area contributed by atoms with Crippen LogP contribution in [0.15, 0.2) is 46.8 Å². The first-order chi connectivity index (χ1) is 11.0. The maximum atomic E-state index is 4.78. The fraction of sp³-hybridized carbons (Fsp3) is 0.316. The molecule has 0 bridgehead atoms. The molecular weight excluding hydrogens is 284 g/mol. The highest BCUT2D eigenvalue weighted by Gasteiger charge is 2.16. The highest BCUT2D eigenvalue weighted by Crippen LogP contribution is 2.31. The van der Waals surface area contributed by atoms with Crippen molar-refractivity contribution in [3.63, 3.8) is 0 Å². The van der Waals surface area contributed by atoms with Gasteiger partial charge in [-0.2, -0.15) is 0 Å². The van der Waals surface area contributed by atoms with E-state index in [0.717, 1.165) is 39.5 Å². The molecule has 0 spiro atoms. The third-order valence-electron chi connectivity index (χ3n) is 4.08. The number of aromatic nitrogens is 2. The molecule has 4 nitrogen and oxygen atoms in total. The van der Waals surface area contributed by atoms with Crippen molar-refractivity contribution < 1.29 is 0 Å². The summed E-state index contributed by atoms with van der Waals surface area (Å²) >= 11 is 0. The number of azo groups is 1. The number of aryl methyl sites for hydroxylation is 3. The smallest absolute Gasteiger partial charge is 0.183 e. The standard InChI is InChI=1S/C19H22N4/c1-12(2)16-19(23-11-7-10-15(5)18(23)20-16)22-21-17-13(3)8-6-9-14(17)4/h6-12H,1-5H3. The van der Waals surface area contributed by atoms with Gasteiger partial charge in [-0.25, -0.2) is 4.98 Å². The Bertz CT molecular complexity index is 868. The van der Waals surface area contributed by atoms with E-state index in [4.69, 9.17) is 4.98 Å². The predicted octanol–water partition coefficient (Wildman–Crippen LogP) is 5.80. The molecule has 2 heterocycles. The number of rotatable bonds is 3. The molecule has 3 aromatic rings. The average Bonchev–Trinajstić information content (AvgIpc) is 2.87. The summed E-state index contributed by atoms with van der Waals surface area (Å²) in [6.07, 6.45) is 2.00. The minimum Gasteiger partial charge on any atom is -0.283 e. The first-order valence-corrected chi connectivity index (χ1v) is 7.94. The van der Waals surface area contributed by atoms with Crippen molar-refractivity contribution >= 4 is 17.2 Å². The fourth-order valence-corrected chi connectivity index (χ4v) is 2.76. The molecule has 0 N–H and O–H groups in total. The molecule has 0 aliphatic heterocycles. The molecule has 4 heteroatoms. The van der Waals surface area contributed by atoms with Gasteiger partial charge >= 0.3 is 0 Å². The van der Waals surface area contributed by atoms with Gasteiger partial charge in [0.25, 0.3) is 0 Å². The Labute approximate surface area is 136 Å². The largest absolute Gasteiger partial charge is 0.283 e. The van der Waals surface area contributed by atoms with Crippen LogP contribution < -0.4 is 0 Å². The molecule has 0 amide bonds. The van der Waals surface area contributed by atoms with E-state index in [1.165, 1.54) is 0 Å². The van der Waals surface area contributed by atoms with E-state index in [-0.39, 0.29) is 0 Å². The highest BCUT2D eigenvalue weighted by atomic mass is 15.2. The number of fused-ring (bicyclic) bond motifs is 1. The fourth-order valence-electron chi connectivity index (χ4n) is 2.76. The molecule has 118 valence electrons. The van der Waals surface area contributed by atoms with Gasteiger partial charge in [0, 0.05) is 6.20 Å². The zero-order chi connectivity index (χ0) is 16.6. The molecule has 3 rings (SSSR count). The quantitative estimate of drug-likeness (QED) is 0.564. The summed E-state index contributed by atoms with van der Waals surface area (Å²) in [4.78, 5) is 4.78. The van der Waals surface area contributed by atoms with Crippen molar-refractivity contribution in [2.24, 2.45) is 10.2 Å². The summed E-state index contributed by atoms with van der Waals surface area (Å²) in [5, 5.41) is 9.11. The molecule has 1 aromatic carbocycles. The highest BCUT2D eigenvalue weighted by molar-refractivity contribution is 5.58. The van der Waals surface area contributed by atoms with E-state index < -0.39 is 0 Å². The summed E-state index contributed by atoms with van der Waals surface area (Å²) in [5.74, 6) is 1.11. The van der Waals surface area contributed by atoms with Crippen molar-refractivity contribution in [1.29, 1.82) is 0 Å². The SMILES string of the molecule is Cc1cccc(C)c1N=Nc1c(C(C)C)nc2c(C)cccn12. The minimum absolute atomic E-state index is 0.293. The van der Waals surface area contributed by atoms with Crippen LogP contribution in [0.1, 0.15) is 42.1 Å². The van der Waals surface area contributed by atoms with E-state index >= 15 is 0 Å². The second kappa shape index (κ2) is 5.95. The third kappa shape index (κ3) is 2.77. The van der Waals surface area contributed by atoms with E-state index in [9.17, 15) is 0 Å². The van der Waals surface area contributed by atoms with Crippen LogP contribution in [0.25, 0.3) is 5.65 Å². The van der Waals surface area contributed by atoms with Crippen molar-refractivity contribution in [1.82, 2.24) is 9.38 Å². The van der Waals surface area contributed by atoms with Gasteiger partial charge in [-0.05, 0) is 49.4 Å². The Morgan fingerprint density at radius 3 is 2.22 bits per heavy atom. The number of imidazole rings is 1. The number of pyridine rings is 1. The topological polar surface area (TPSA) is 42.0 Å². The molecular formula is C19H22N4. The second-order valence-corrected chi connectivity index (χ2v) is 6.30. The van der Waals surface area contributed by atoms with Gasteiger partial charge in [0.2, 0.25) is 0 Å². The summed E-state index contributed by atoms with van der Waals surface area (Å²) in [5.41, 5.74) is 6.27. The monoisotopic (exact) mass is 306 g/mol. The lowest BCUT2D eigenvalue weighted by atomic mass is 10.1. The van der Waals surface area contributed by atoms with Crippen LogP contribution in [0.2, 0.25) is 0 Å². The van der Waals surface area contributed by atoms with Crippen LogP contribution in [0.5, 0.6) is 0 Å². The molecule has 0 atom stereocenters. The molecule has 0 saturated carbocycles. The van der Waals surface area contributed by atoms with E-state index in [2.05, 4.69) is 63.0 Å². The Morgan fingerprint density at radius 2 is 1.57 bits per heavy atom. The van der Waals surface area contributed by atoms with E-state index in [1.54, 1.807) is 0 Å². The Morgan fingerprint density at radius 1 is 0.913 bits per heavy atom. The number of hydrogen-bond donors (Lipinski definition) is 0.